The summed E-state index contributed by atoms with van der Waals surface area (Å²) in [5.74, 6) is -0.148. The van der Waals surface area contributed by atoms with Crippen molar-refractivity contribution >= 4 is 11.6 Å². The molecule has 0 bridgehead atoms. The highest BCUT2D eigenvalue weighted by atomic mass is 16.7. The number of benzene rings is 1. The van der Waals surface area contributed by atoms with Crippen molar-refractivity contribution < 1.29 is 23.8 Å². The van der Waals surface area contributed by atoms with E-state index in [1.165, 1.54) is 5.06 Å². The van der Waals surface area contributed by atoms with Crippen LogP contribution >= 0.6 is 0 Å². The molecule has 0 aromatic heterocycles. The van der Waals surface area contributed by atoms with E-state index >= 15 is 0 Å². The van der Waals surface area contributed by atoms with Crippen molar-refractivity contribution in [3.8, 4) is 6.07 Å². The van der Waals surface area contributed by atoms with Gasteiger partial charge in [-0.2, -0.15) is 10.3 Å². The van der Waals surface area contributed by atoms with Gasteiger partial charge >= 0.3 is 0 Å². The number of carbonyl (C=O) groups excluding carboxylic acids is 1. The Balaban J connectivity index is 2.36. The quantitative estimate of drug-likeness (QED) is 0.337. The Hall–Kier alpha value is -2.02. The predicted octanol–water partition coefficient (Wildman–Crippen LogP) is 1.83. The maximum absolute atomic E-state index is 12.3. The molecule has 0 atom stereocenters. The van der Waals surface area contributed by atoms with Crippen LogP contribution in [0.15, 0.2) is 24.3 Å². The van der Waals surface area contributed by atoms with Gasteiger partial charge in [0.25, 0.3) is 5.91 Å². The number of aryl methyl sites for hydroxylation is 1. The van der Waals surface area contributed by atoms with Gasteiger partial charge in [0.1, 0.15) is 0 Å². The zero-order valence-electron chi connectivity index (χ0n) is 16.6. The fourth-order valence-electron chi connectivity index (χ4n) is 2.34. The van der Waals surface area contributed by atoms with E-state index < -0.39 is 0 Å². The molecule has 1 rings (SSSR count). The van der Waals surface area contributed by atoms with E-state index in [9.17, 15) is 4.79 Å². The van der Waals surface area contributed by atoms with Crippen LogP contribution in [-0.4, -0.2) is 58.7 Å². The number of amides is 1. The molecule has 28 heavy (non-hydrogen) atoms. The molecule has 0 fully saturated rings. The minimum Gasteiger partial charge on any atom is -0.378 e. The van der Waals surface area contributed by atoms with E-state index in [-0.39, 0.29) is 12.5 Å². The summed E-state index contributed by atoms with van der Waals surface area (Å²) in [5.41, 5.74) is 6.89. The first kappa shape index (κ1) is 24.0. The lowest BCUT2D eigenvalue weighted by atomic mass is 10.1. The second-order valence-corrected chi connectivity index (χ2v) is 5.79. The van der Waals surface area contributed by atoms with E-state index in [1.54, 1.807) is 6.92 Å². The van der Waals surface area contributed by atoms with Crippen LogP contribution in [0.5, 0.6) is 0 Å². The van der Waals surface area contributed by atoms with Crippen LogP contribution in [0.4, 0.5) is 5.69 Å². The van der Waals surface area contributed by atoms with Crippen molar-refractivity contribution in [3.05, 3.63) is 29.8 Å². The topological polar surface area (TPSA) is 107 Å². The molecule has 1 aromatic rings. The monoisotopic (exact) mass is 393 g/mol. The first-order valence-electron chi connectivity index (χ1n) is 9.58. The summed E-state index contributed by atoms with van der Waals surface area (Å²) in [6.07, 6.45) is 1.26. The van der Waals surface area contributed by atoms with Gasteiger partial charge in [-0.05, 0) is 18.1 Å². The van der Waals surface area contributed by atoms with Gasteiger partial charge in [0.05, 0.1) is 58.0 Å². The molecule has 0 aliphatic heterocycles. The van der Waals surface area contributed by atoms with E-state index in [4.69, 9.17) is 30.0 Å². The van der Waals surface area contributed by atoms with Gasteiger partial charge in [-0.15, -0.1) is 0 Å². The van der Waals surface area contributed by atoms with Crippen molar-refractivity contribution in [2.75, 3.05) is 57.9 Å². The van der Waals surface area contributed by atoms with Crippen LogP contribution in [0.1, 0.15) is 25.3 Å². The van der Waals surface area contributed by atoms with Gasteiger partial charge in [-0.25, -0.2) is 0 Å². The second-order valence-electron chi connectivity index (χ2n) is 5.79. The molecule has 0 saturated carbocycles. The first-order valence-corrected chi connectivity index (χ1v) is 9.58. The summed E-state index contributed by atoms with van der Waals surface area (Å²) >= 11 is 0. The number of para-hydroxylation sites is 1. The van der Waals surface area contributed by atoms with Crippen LogP contribution in [-0.2, 0) is 30.3 Å². The summed E-state index contributed by atoms with van der Waals surface area (Å²) in [4.78, 5) is 18.0. The van der Waals surface area contributed by atoms with E-state index in [0.29, 0.717) is 71.1 Å². The van der Waals surface area contributed by atoms with Gasteiger partial charge in [0, 0.05) is 19.4 Å². The van der Waals surface area contributed by atoms with Gasteiger partial charge < -0.3 is 19.9 Å². The Morgan fingerprint density at radius 1 is 1.04 bits per heavy atom. The SMILES string of the molecule is CCC(=O)N(OCCOCCOCCOCCN)c1ccccc1CCC#N. The average molecular weight is 393 g/mol. The molecule has 0 aliphatic rings. The Morgan fingerprint density at radius 3 is 2.25 bits per heavy atom. The summed E-state index contributed by atoms with van der Waals surface area (Å²) in [5, 5.41) is 10.1. The number of anilines is 1. The van der Waals surface area contributed by atoms with Gasteiger partial charge in [0.2, 0.25) is 0 Å². The number of hydroxylamine groups is 1. The van der Waals surface area contributed by atoms with Gasteiger partial charge in [0.15, 0.2) is 0 Å². The lowest BCUT2D eigenvalue weighted by molar-refractivity contribution is -0.126. The third kappa shape index (κ3) is 9.78. The van der Waals surface area contributed by atoms with Crippen molar-refractivity contribution in [2.45, 2.75) is 26.2 Å². The minimum absolute atomic E-state index is 0.148. The molecule has 1 amide bonds. The Kier molecular flexibility index (Phi) is 13.7. The summed E-state index contributed by atoms with van der Waals surface area (Å²) in [7, 11) is 0. The largest absolute Gasteiger partial charge is 0.378 e. The van der Waals surface area contributed by atoms with Crippen LogP contribution < -0.4 is 10.8 Å². The number of nitrogens with two attached hydrogens (primary N) is 1. The third-order valence-corrected chi connectivity index (χ3v) is 3.70. The lowest BCUT2D eigenvalue weighted by Crippen LogP contribution is -2.32. The van der Waals surface area contributed by atoms with Gasteiger partial charge in [-0.1, -0.05) is 25.1 Å². The summed E-state index contributed by atoms with van der Waals surface area (Å²) in [6, 6.07) is 9.57. The van der Waals surface area contributed by atoms with E-state index in [1.807, 2.05) is 24.3 Å². The van der Waals surface area contributed by atoms with Crippen LogP contribution in [0.3, 0.4) is 0 Å². The van der Waals surface area contributed by atoms with E-state index in [0.717, 1.165) is 5.56 Å². The molecule has 2 N–H and O–H groups in total. The first-order chi connectivity index (χ1) is 13.7. The molecule has 0 heterocycles. The highest BCUT2D eigenvalue weighted by molar-refractivity contribution is 5.91. The smallest absolute Gasteiger partial charge is 0.250 e. The third-order valence-electron chi connectivity index (χ3n) is 3.70. The minimum atomic E-state index is -0.148. The maximum atomic E-state index is 12.3. The number of nitriles is 1. The number of rotatable bonds is 16. The fraction of sp³-hybridized carbons (Fsp3) is 0.600. The standard InChI is InChI=1S/C20H31N3O5/c1-2-20(24)23(19-8-4-3-6-18(19)7-5-9-21)28-17-16-27-15-14-26-13-12-25-11-10-22/h3-4,6,8H,2,5,7,10-17,22H2,1H3. The molecule has 8 nitrogen and oxygen atoms in total. The van der Waals surface area contributed by atoms with Crippen molar-refractivity contribution in [2.24, 2.45) is 5.73 Å². The highest BCUT2D eigenvalue weighted by Crippen LogP contribution is 2.23. The van der Waals surface area contributed by atoms with Crippen molar-refractivity contribution in [3.63, 3.8) is 0 Å². The second kappa shape index (κ2) is 16.0. The molecule has 0 unspecified atom stereocenters. The average Bonchev–Trinajstić information content (AvgIpc) is 2.73. The van der Waals surface area contributed by atoms with E-state index in [2.05, 4.69) is 6.07 Å². The zero-order chi connectivity index (χ0) is 20.5. The molecule has 0 radical (unpaired) electrons. The lowest BCUT2D eigenvalue weighted by Gasteiger charge is -2.24. The van der Waals surface area contributed by atoms with Crippen molar-refractivity contribution in [1.82, 2.24) is 0 Å². The number of ether oxygens (including phenoxy) is 3. The molecule has 0 spiro atoms. The molecular weight excluding hydrogens is 362 g/mol. The predicted molar refractivity (Wildman–Crippen MR) is 106 cm³/mol. The molecule has 0 aliphatic carbocycles. The highest BCUT2D eigenvalue weighted by Gasteiger charge is 2.18. The molecular formula is C20H31N3O5. The van der Waals surface area contributed by atoms with Crippen molar-refractivity contribution in [1.29, 1.82) is 5.26 Å². The van der Waals surface area contributed by atoms with Crippen LogP contribution in [0, 0.1) is 11.3 Å². The summed E-state index contributed by atoms with van der Waals surface area (Å²) in [6.45, 7) is 5.28. The Labute approximate surface area is 167 Å². The molecule has 8 heteroatoms. The zero-order valence-corrected chi connectivity index (χ0v) is 16.6. The van der Waals surface area contributed by atoms with Crippen LogP contribution in [0.2, 0.25) is 0 Å². The molecule has 0 saturated heterocycles. The Morgan fingerprint density at radius 2 is 1.64 bits per heavy atom. The number of nitrogens with zero attached hydrogens (tertiary/aromatic N) is 2. The number of hydrogen-bond donors (Lipinski definition) is 1. The summed E-state index contributed by atoms with van der Waals surface area (Å²) < 4.78 is 16.0. The molecule has 156 valence electrons. The number of hydrogen-bond acceptors (Lipinski definition) is 7. The maximum Gasteiger partial charge on any atom is 0.250 e. The molecule has 1 aromatic carbocycles. The normalized spacial score (nSPS) is 10.6. The fourth-order valence-corrected chi connectivity index (χ4v) is 2.34. The van der Waals surface area contributed by atoms with Crippen LogP contribution in [0.25, 0.3) is 0 Å². The number of carbonyl (C=O) groups is 1. The Bertz CT molecular complexity index is 591. The van der Waals surface area contributed by atoms with Gasteiger partial charge in [-0.3, -0.25) is 9.63 Å².